The van der Waals surface area contributed by atoms with E-state index in [-0.39, 0.29) is 0 Å². The second kappa shape index (κ2) is 29.9. The molecule has 5 aromatic heterocycles. The fourth-order valence-electron chi connectivity index (χ4n) is 12.8. The SMILES string of the molecule is COc1cc[n+](C)c(-c2c(C)cc(F)cc2F)c1.Cc1cc(C(F)(F)F)ccc1-c1[nH]c2ccccc2[n+]1C.Cc1ccc(C(F)(F)F)cc1-c1[nH]c2ccccc2[n+]1C.Cc1ccccc1-c1[nH]c2ccccc2[n+]1C.Cc1ccccc1-c1n(Cc2ccccc2)c2ccccc2[n+]1C. The molecule has 0 amide bonds. The number of rotatable bonds is 8. The highest BCUT2D eigenvalue weighted by Gasteiger charge is 2.34. The van der Waals surface area contributed by atoms with E-state index in [1.54, 1.807) is 57.8 Å². The van der Waals surface area contributed by atoms with Crippen molar-refractivity contribution in [1.82, 2.24) is 19.5 Å². The van der Waals surface area contributed by atoms with Crippen molar-refractivity contribution in [3.05, 3.63) is 299 Å². The van der Waals surface area contributed by atoms with Gasteiger partial charge in [0.15, 0.2) is 50.3 Å². The number of pyridine rings is 1. The van der Waals surface area contributed by atoms with Crippen molar-refractivity contribution in [2.45, 2.75) is 53.5 Å². The minimum Gasteiger partial charge on any atom is -0.496 e. The Kier molecular flexibility index (Phi) is 20.9. The van der Waals surface area contributed by atoms with Crippen molar-refractivity contribution in [3.63, 3.8) is 0 Å². The molecule has 0 aliphatic rings. The lowest BCUT2D eigenvalue weighted by atomic mass is 10.0. The molecule has 15 aromatic rings. The summed E-state index contributed by atoms with van der Waals surface area (Å²) in [6.45, 7) is 10.4. The summed E-state index contributed by atoms with van der Waals surface area (Å²) in [4.78, 5) is 9.94. The fourth-order valence-corrected chi connectivity index (χ4v) is 12.8. The topological polar surface area (TPSA) is 80.9 Å². The number of aryl methyl sites for hydroxylation is 10. The Morgan fingerprint density at radius 3 is 1.35 bits per heavy atom. The van der Waals surface area contributed by atoms with Crippen LogP contribution in [0.2, 0.25) is 0 Å². The average molecular weight is 1370 g/mol. The lowest BCUT2D eigenvalue weighted by Gasteiger charge is -2.09. The van der Waals surface area contributed by atoms with Crippen LogP contribution in [0.1, 0.15) is 44.5 Å². The number of hydrogen-bond donors (Lipinski definition) is 3. The zero-order chi connectivity index (χ0) is 72.0. The molecule has 0 spiro atoms. The molecule has 5 heterocycles. The number of halogens is 8. The summed E-state index contributed by atoms with van der Waals surface area (Å²) in [5.41, 5.74) is 18.2. The maximum Gasteiger partial charge on any atom is 0.416 e. The normalized spacial score (nSPS) is 11.4. The maximum atomic E-state index is 13.9. The largest absolute Gasteiger partial charge is 0.496 e. The summed E-state index contributed by atoms with van der Waals surface area (Å²) in [5, 5.41) is 0. The highest BCUT2D eigenvalue weighted by molar-refractivity contribution is 5.79. The molecule has 0 unspecified atom stereocenters. The molecular formula is C83H78F8N9O+5. The lowest BCUT2D eigenvalue weighted by Crippen LogP contribution is -2.30. The third-order valence-electron chi connectivity index (χ3n) is 18.1. The Bertz CT molecular complexity index is 5450. The van der Waals surface area contributed by atoms with E-state index in [0.29, 0.717) is 39.5 Å². The van der Waals surface area contributed by atoms with Gasteiger partial charge in [0.1, 0.15) is 31.0 Å². The van der Waals surface area contributed by atoms with Crippen molar-refractivity contribution in [3.8, 4) is 62.6 Å². The van der Waals surface area contributed by atoms with E-state index in [2.05, 4.69) is 184 Å². The number of aromatic amines is 3. The van der Waals surface area contributed by atoms with Gasteiger partial charge in [0, 0.05) is 12.1 Å². The number of para-hydroxylation sites is 8. The van der Waals surface area contributed by atoms with Gasteiger partial charge in [-0.05, 0) is 165 Å². The van der Waals surface area contributed by atoms with Crippen molar-refractivity contribution in [2.75, 3.05) is 7.11 Å². The molecule has 0 aliphatic carbocycles. The number of hydrogen-bond acceptors (Lipinski definition) is 1. The van der Waals surface area contributed by atoms with Crippen LogP contribution in [0.4, 0.5) is 35.1 Å². The number of benzene rings is 10. The summed E-state index contributed by atoms with van der Waals surface area (Å²) in [5.74, 6) is 3.35. The first-order chi connectivity index (χ1) is 48.3. The number of ether oxygens (including phenoxy) is 1. The van der Waals surface area contributed by atoms with Crippen LogP contribution >= 0.6 is 0 Å². The number of H-pyrrole nitrogens is 3. The molecule has 101 heavy (non-hydrogen) atoms. The molecule has 18 heteroatoms. The Labute approximate surface area is 580 Å². The first kappa shape index (κ1) is 70.8. The van der Waals surface area contributed by atoms with Crippen LogP contribution in [-0.2, 0) is 54.1 Å². The van der Waals surface area contributed by atoms with Gasteiger partial charge in [-0.3, -0.25) is 0 Å². The van der Waals surface area contributed by atoms with Gasteiger partial charge in [-0.25, -0.2) is 51.1 Å². The van der Waals surface area contributed by atoms with Gasteiger partial charge in [0.05, 0.1) is 80.3 Å². The highest BCUT2D eigenvalue weighted by Crippen LogP contribution is 2.36. The molecule has 10 aromatic carbocycles. The monoisotopic (exact) mass is 1370 g/mol. The number of nitrogens with zero attached hydrogens (tertiary/aromatic N) is 6. The second-order valence-electron chi connectivity index (χ2n) is 24.9. The third-order valence-corrected chi connectivity index (χ3v) is 18.1. The molecule has 10 nitrogen and oxygen atoms in total. The van der Waals surface area contributed by atoms with E-state index in [4.69, 9.17) is 4.74 Å². The maximum absolute atomic E-state index is 13.9. The Morgan fingerprint density at radius 1 is 0.396 bits per heavy atom. The number of alkyl halides is 6. The summed E-state index contributed by atoms with van der Waals surface area (Å²) in [6.07, 6.45) is -6.88. The average Bonchev–Trinajstić information content (AvgIpc) is 1.48. The van der Waals surface area contributed by atoms with Crippen LogP contribution in [0.5, 0.6) is 5.75 Å². The quantitative estimate of drug-likeness (QED) is 0.103. The number of imidazole rings is 4. The lowest BCUT2D eigenvalue weighted by molar-refractivity contribution is -0.660. The highest BCUT2D eigenvalue weighted by atomic mass is 19.4. The van der Waals surface area contributed by atoms with Crippen LogP contribution in [-0.4, -0.2) is 26.6 Å². The van der Waals surface area contributed by atoms with Gasteiger partial charge in [-0.15, -0.1) is 0 Å². The molecule has 0 fully saturated rings. The van der Waals surface area contributed by atoms with Gasteiger partial charge < -0.3 is 4.74 Å². The van der Waals surface area contributed by atoms with E-state index < -0.39 is 35.1 Å². The van der Waals surface area contributed by atoms with Gasteiger partial charge in [-0.2, -0.15) is 26.3 Å². The van der Waals surface area contributed by atoms with Gasteiger partial charge in [-0.1, -0.05) is 121 Å². The van der Waals surface area contributed by atoms with E-state index in [1.807, 2.05) is 71.8 Å². The molecule has 3 N–H and O–H groups in total. The molecule has 0 bridgehead atoms. The fraction of sp³-hybridized carbons (Fsp3) is 0.169. The van der Waals surface area contributed by atoms with Crippen molar-refractivity contribution in [2.24, 2.45) is 35.2 Å². The summed E-state index contributed by atoms with van der Waals surface area (Å²) < 4.78 is 122. The summed E-state index contributed by atoms with van der Waals surface area (Å²) in [7, 11) is 11.3. The minimum atomic E-state index is -4.34. The predicted molar refractivity (Wildman–Crippen MR) is 382 cm³/mol. The standard InChI is InChI=1S/C22H21N2.2C16H13F3N2.C15H14N2.C14H14F2NO/c1-17-10-6-7-13-19(17)22-23(2)20-14-8-9-15-21(20)24(22)16-18-11-4-3-5-12-18;1-10-9-11(16(17,18)19)7-8-12(10)15-20-13-5-3-4-6-14(13)21(15)2;1-10-7-8-11(16(17,18)19)9-12(10)15-20-13-5-3-4-6-14(13)21(15)2;1-11-7-3-4-8-12(11)15-16-13-9-5-6-10-14(13)17(15)2;1-9-6-10(15)7-12(16)14(9)13-8-11(18-3)4-5-17(13)2/h3-15H,16H2,1-2H3;2*3-9H,1-2H3;3-10H,1-2H3;4-8H,1-3H3/q+1;;;;+1/p+3. The molecule has 0 saturated carbocycles. The second-order valence-corrected chi connectivity index (χ2v) is 24.9. The van der Waals surface area contributed by atoms with E-state index in [0.717, 1.165) is 69.6 Å². The number of aromatic nitrogens is 9. The summed E-state index contributed by atoms with van der Waals surface area (Å²) >= 11 is 0. The Morgan fingerprint density at radius 2 is 0.842 bits per heavy atom. The van der Waals surface area contributed by atoms with Gasteiger partial charge >= 0.3 is 12.4 Å². The molecule has 0 radical (unpaired) electrons. The number of nitrogens with one attached hydrogen (secondary N) is 3. The molecule has 15 rings (SSSR count). The van der Waals surface area contributed by atoms with E-state index >= 15 is 0 Å². The van der Waals surface area contributed by atoms with Crippen LogP contribution in [0, 0.1) is 46.3 Å². The smallest absolute Gasteiger partial charge is 0.416 e. The molecular weight excluding hydrogens is 1290 g/mol. The van der Waals surface area contributed by atoms with Crippen LogP contribution in [0.3, 0.4) is 0 Å². The van der Waals surface area contributed by atoms with Crippen LogP contribution in [0.15, 0.2) is 243 Å². The van der Waals surface area contributed by atoms with E-state index in [9.17, 15) is 35.1 Å². The Balaban J connectivity index is 0.000000128. The minimum absolute atomic E-state index is 0.387. The van der Waals surface area contributed by atoms with Crippen LogP contribution < -0.4 is 27.6 Å². The van der Waals surface area contributed by atoms with Crippen molar-refractivity contribution >= 4 is 44.1 Å². The first-order valence-corrected chi connectivity index (χ1v) is 32.7. The molecule has 512 valence electrons. The zero-order valence-corrected chi connectivity index (χ0v) is 57.9. The van der Waals surface area contributed by atoms with Crippen molar-refractivity contribution < 1.29 is 62.7 Å². The molecule has 0 atom stereocenters. The number of fused-ring (bicyclic) bond motifs is 4. The van der Waals surface area contributed by atoms with Crippen molar-refractivity contribution in [1.29, 1.82) is 0 Å². The molecule has 0 aliphatic heterocycles. The third kappa shape index (κ3) is 15.4. The number of methoxy groups -OCH3 is 1. The van der Waals surface area contributed by atoms with Gasteiger partial charge in [0.25, 0.3) is 23.3 Å². The Hall–Kier alpha value is -11.5. The van der Waals surface area contributed by atoms with Gasteiger partial charge in [0.2, 0.25) is 5.69 Å². The molecule has 0 saturated heterocycles. The van der Waals surface area contributed by atoms with Crippen LogP contribution in [0.25, 0.3) is 101 Å². The summed E-state index contributed by atoms with van der Waals surface area (Å²) in [6, 6.07) is 73.4. The first-order valence-electron chi connectivity index (χ1n) is 32.7. The van der Waals surface area contributed by atoms with E-state index in [1.165, 1.54) is 86.0 Å². The predicted octanol–water partition coefficient (Wildman–Crippen LogP) is 18.2. The zero-order valence-electron chi connectivity index (χ0n) is 57.9.